The van der Waals surface area contributed by atoms with Crippen molar-refractivity contribution in [2.45, 2.75) is 24.7 Å². The van der Waals surface area contributed by atoms with Crippen molar-refractivity contribution in [3.05, 3.63) is 119 Å². The number of alkyl halides is 12. The van der Waals surface area contributed by atoms with Gasteiger partial charge in [-0.15, -0.1) is 0 Å². The normalized spacial score (nSPS) is 15.1. The van der Waals surface area contributed by atoms with Gasteiger partial charge in [0.15, 0.2) is 0 Å². The summed E-state index contributed by atoms with van der Waals surface area (Å²) in [7, 11) is 0. The van der Waals surface area contributed by atoms with Crippen LogP contribution in [-0.4, -0.2) is 16.6 Å². The molecule has 0 aliphatic heterocycles. The van der Waals surface area contributed by atoms with Crippen LogP contribution in [0.2, 0.25) is 0 Å². The van der Waals surface area contributed by atoms with Crippen LogP contribution in [0.25, 0.3) is 0 Å². The van der Waals surface area contributed by atoms with Gasteiger partial charge in [-0.1, -0.05) is 0 Å². The van der Waals surface area contributed by atoms with Gasteiger partial charge in [-0.25, -0.2) is 0 Å². The van der Waals surface area contributed by atoms with E-state index in [0.717, 1.165) is 0 Å². The van der Waals surface area contributed by atoms with Crippen LogP contribution < -0.4 is 14.4 Å². The van der Waals surface area contributed by atoms with Crippen LogP contribution in [0.4, 0.5) is 58.5 Å². The summed E-state index contributed by atoms with van der Waals surface area (Å²) in [5.74, 6) is 0. The molecular weight excluding hydrogens is 730 g/mol. The van der Waals surface area contributed by atoms with Crippen LogP contribution in [0, 0.1) is 0 Å². The van der Waals surface area contributed by atoms with E-state index < -0.39 is 78.0 Å². The predicted octanol–water partition coefficient (Wildman–Crippen LogP) is 7.98. The summed E-state index contributed by atoms with van der Waals surface area (Å²) in [5.41, 5.74) is -5.64. The summed E-state index contributed by atoms with van der Waals surface area (Å²) < 4.78 is 193. The molecule has 0 saturated carbocycles. The molecule has 0 heterocycles. The van der Waals surface area contributed by atoms with Crippen molar-refractivity contribution >= 4 is 31.0 Å². The molecule has 0 N–H and O–H groups in total. The van der Waals surface area contributed by atoms with Gasteiger partial charge in [0.05, 0.1) is 0 Å². The van der Waals surface area contributed by atoms with Crippen molar-refractivity contribution in [3.63, 3.8) is 0 Å². The minimum atomic E-state index is -9.37. The monoisotopic (exact) mass is 748 g/mol. The molecule has 0 amide bonds. The van der Waals surface area contributed by atoms with E-state index in [4.69, 9.17) is 0 Å². The predicted molar refractivity (Wildman–Crippen MR) is 132 cm³/mol. The number of hydrogen-bond donors (Lipinski definition) is 0. The van der Waals surface area contributed by atoms with Gasteiger partial charge in [0, 0.05) is 0 Å². The van der Waals surface area contributed by atoms with Crippen LogP contribution in [0.1, 0.15) is 22.3 Å². The molecule has 4 aromatic carbocycles. The summed E-state index contributed by atoms with van der Waals surface area (Å²) in [4.78, 5) is 0. The van der Waals surface area contributed by atoms with E-state index in [1.807, 2.05) is 0 Å². The summed E-state index contributed by atoms with van der Waals surface area (Å²) in [6.07, 6.45) is -20.1. The first-order valence-electron chi connectivity index (χ1n) is 11.7. The molecule has 0 aliphatic rings. The quantitative estimate of drug-likeness (QED) is 0.147. The summed E-state index contributed by atoms with van der Waals surface area (Å²) >= 11 is -9.37. The third-order valence-electron chi connectivity index (χ3n) is 6.85. The number of halogens is 14. The zero-order valence-electron chi connectivity index (χ0n) is 20.9. The van der Waals surface area contributed by atoms with Crippen molar-refractivity contribution in [1.29, 1.82) is 0 Å². The average Bonchev–Trinajstić information content (AvgIpc) is 2.92. The van der Waals surface area contributed by atoms with Crippen LogP contribution in [0.15, 0.2) is 97.1 Å². The fraction of sp³-hybridized carbons (Fsp3) is 0.143. The van der Waals surface area contributed by atoms with Gasteiger partial charge in [0.1, 0.15) is 0 Å². The number of hydrogen-bond acceptors (Lipinski definition) is 0. The van der Waals surface area contributed by atoms with Crippen molar-refractivity contribution < 1.29 is 58.5 Å². The summed E-state index contributed by atoms with van der Waals surface area (Å²) in [6, 6.07) is 4.65. The standard InChI is InChI=1S/C28H16F14Te/c29-25(30,31)17-1-9-21(10-2-17)43(41,42,22-11-3-18(4-12-22)26(32,33)34,23-13-5-19(6-14-23)27(35,36)37)24-15-7-20(8-16-24)28(38,39)40/h1-16H. The summed E-state index contributed by atoms with van der Waals surface area (Å²) in [5, 5.41) is 0. The molecule has 232 valence electrons. The third kappa shape index (κ3) is 5.14. The van der Waals surface area contributed by atoms with Gasteiger partial charge in [0.25, 0.3) is 0 Å². The molecule has 4 rings (SSSR count). The Hall–Kier alpha value is -3.31. The molecule has 4 aromatic rings. The Morgan fingerprint density at radius 2 is 0.419 bits per heavy atom. The minimum absolute atomic E-state index is 0.247. The zero-order valence-corrected chi connectivity index (χ0v) is 23.3. The van der Waals surface area contributed by atoms with Gasteiger partial charge < -0.3 is 0 Å². The fourth-order valence-corrected chi connectivity index (χ4v) is 17.8. The van der Waals surface area contributed by atoms with Gasteiger partial charge in [-0.2, -0.15) is 0 Å². The first-order valence-corrected chi connectivity index (χ1v) is 18.1. The van der Waals surface area contributed by atoms with Gasteiger partial charge in [-0.05, 0) is 0 Å². The van der Waals surface area contributed by atoms with Crippen LogP contribution in [-0.2, 0) is 24.7 Å². The Balaban J connectivity index is 2.23. The molecule has 0 aromatic heterocycles. The molecule has 43 heavy (non-hydrogen) atoms. The second-order valence-corrected chi connectivity index (χ2v) is 22.1. The van der Waals surface area contributed by atoms with E-state index >= 15 is 5.78 Å². The van der Waals surface area contributed by atoms with E-state index in [9.17, 15) is 52.7 Å². The second kappa shape index (κ2) is 9.59. The maximum atomic E-state index is 18.9. The molecule has 0 spiro atoms. The zero-order chi connectivity index (χ0) is 32.3. The third-order valence-corrected chi connectivity index (χ3v) is 22.1. The SMILES string of the molecule is FC(F)(F)c1ccc([Te](F)(F)(c2ccc(C(F)(F)F)cc2)(c2ccc(C(F)(F)F)cc2)c2ccc(C(F)(F)F)cc2)cc1. The first kappa shape index (κ1) is 32.6. The molecule has 0 saturated heterocycles. The second-order valence-electron chi connectivity index (χ2n) is 9.38. The Kier molecular flexibility index (Phi) is 7.27. The van der Waals surface area contributed by atoms with Crippen molar-refractivity contribution in [1.82, 2.24) is 0 Å². The van der Waals surface area contributed by atoms with E-state index in [-0.39, 0.29) is 48.5 Å². The molecule has 0 bridgehead atoms. The summed E-state index contributed by atoms with van der Waals surface area (Å²) in [6.45, 7) is 0. The Labute approximate surface area is 233 Å². The topological polar surface area (TPSA) is 0 Å². The molecule has 0 unspecified atom stereocenters. The van der Waals surface area contributed by atoms with Crippen LogP contribution in [0.3, 0.4) is 0 Å². The molecule has 0 radical (unpaired) electrons. The maximum absolute atomic E-state index is 18.9. The van der Waals surface area contributed by atoms with E-state index in [1.165, 1.54) is 0 Å². The average molecular weight is 746 g/mol. The Bertz CT molecular complexity index is 1370. The van der Waals surface area contributed by atoms with E-state index in [2.05, 4.69) is 0 Å². The van der Waals surface area contributed by atoms with Crippen molar-refractivity contribution in [2.75, 3.05) is 0 Å². The fourth-order valence-electron chi connectivity index (χ4n) is 4.62. The van der Waals surface area contributed by atoms with Crippen LogP contribution >= 0.6 is 0 Å². The molecule has 0 fully saturated rings. The van der Waals surface area contributed by atoms with E-state index in [1.54, 1.807) is 0 Å². The van der Waals surface area contributed by atoms with Crippen molar-refractivity contribution in [2.24, 2.45) is 0 Å². The van der Waals surface area contributed by atoms with E-state index in [0.29, 0.717) is 48.5 Å². The molecule has 0 nitrogen and oxygen atoms in total. The number of rotatable bonds is 4. The molecule has 15 heteroatoms. The number of benzene rings is 4. The van der Waals surface area contributed by atoms with Gasteiger partial charge in [-0.3, -0.25) is 0 Å². The first-order chi connectivity index (χ1) is 19.4. The molecule has 0 atom stereocenters. The van der Waals surface area contributed by atoms with Crippen LogP contribution in [0.5, 0.6) is 0 Å². The van der Waals surface area contributed by atoms with Gasteiger partial charge >= 0.3 is 234 Å². The molecule has 0 aliphatic carbocycles. The Morgan fingerprint density at radius 3 is 0.535 bits per heavy atom. The van der Waals surface area contributed by atoms with Crippen molar-refractivity contribution in [3.8, 4) is 0 Å². The molecular formula is C28H16F14Te. The van der Waals surface area contributed by atoms with Gasteiger partial charge in [0.2, 0.25) is 0 Å². The Morgan fingerprint density at radius 1 is 0.279 bits per heavy atom.